The molecule has 1 saturated heterocycles. The second kappa shape index (κ2) is 9.05. The molecule has 1 aliphatic heterocycles. The smallest absolute Gasteiger partial charge is 0.243 e. The van der Waals surface area contributed by atoms with Crippen LogP contribution in [-0.4, -0.2) is 47.9 Å². The maximum absolute atomic E-state index is 13.8. The minimum Gasteiger partial charge on any atom is -0.363 e. The van der Waals surface area contributed by atoms with Crippen LogP contribution in [0.3, 0.4) is 0 Å². The number of thioether (sulfide) groups is 1. The van der Waals surface area contributed by atoms with Crippen LogP contribution in [0.2, 0.25) is 0 Å². The third-order valence-corrected chi connectivity index (χ3v) is 5.80. The number of hydrogen-bond acceptors (Lipinski definition) is 5. The first-order valence-corrected chi connectivity index (χ1v) is 10.0. The summed E-state index contributed by atoms with van der Waals surface area (Å²) in [4.78, 5) is 30.9. The Labute approximate surface area is 167 Å². The molecule has 1 aliphatic rings. The van der Waals surface area contributed by atoms with E-state index in [4.69, 9.17) is 0 Å². The minimum atomic E-state index is -0.594. The monoisotopic (exact) mass is 402 g/mol. The Balaban J connectivity index is 1.50. The van der Waals surface area contributed by atoms with E-state index in [2.05, 4.69) is 15.6 Å². The lowest BCUT2D eigenvalue weighted by atomic mass is 10.1. The lowest BCUT2D eigenvalue weighted by molar-refractivity contribution is -0.128. The van der Waals surface area contributed by atoms with Crippen LogP contribution in [0.25, 0.3) is 0 Å². The molecule has 0 radical (unpaired) electrons. The zero-order valence-corrected chi connectivity index (χ0v) is 16.6. The molecule has 6 nitrogen and oxygen atoms in total. The molecule has 2 atom stereocenters. The van der Waals surface area contributed by atoms with Gasteiger partial charge in [0.1, 0.15) is 17.7 Å². The zero-order valence-electron chi connectivity index (χ0n) is 15.8. The van der Waals surface area contributed by atoms with E-state index in [1.165, 1.54) is 17.8 Å². The van der Waals surface area contributed by atoms with Crippen molar-refractivity contribution in [3.63, 3.8) is 0 Å². The lowest BCUT2D eigenvalue weighted by Crippen LogP contribution is -2.54. The van der Waals surface area contributed by atoms with Gasteiger partial charge in [-0.15, -0.1) is 11.8 Å². The third-order valence-electron chi connectivity index (χ3n) is 4.49. The summed E-state index contributed by atoms with van der Waals surface area (Å²) in [7, 11) is 3.82. The van der Waals surface area contributed by atoms with Crippen LogP contribution in [0.1, 0.15) is 11.1 Å². The number of halogens is 1. The zero-order chi connectivity index (χ0) is 20.1. The molecule has 1 fully saturated rings. The van der Waals surface area contributed by atoms with Gasteiger partial charge >= 0.3 is 0 Å². The molecular weight excluding hydrogens is 379 g/mol. The predicted molar refractivity (Wildman–Crippen MR) is 109 cm³/mol. The number of nitrogens with one attached hydrogen (secondary N) is 2. The van der Waals surface area contributed by atoms with Gasteiger partial charge in [-0.05, 0) is 29.7 Å². The molecule has 3 rings (SSSR count). The molecule has 2 unspecified atom stereocenters. The first-order chi connectivity index (χ1) is 13.4. The van der Waals surface area contributed by atoms with Gasteiger partial charge in [0.15, 0.2) is 0 Å². The molecule has 0 aliphatic carbocycles. The highest BCUT2D eigenvalue weighted by Gasteiger charge is 2.32. The molecule has 1 aromatic carbocycles. The normalized spacial score (nSPS) is 19.0. The van der Waals surface area contributed by atoms with Crippen LogP contribution in [0.5, 0.6) is 0 Å². The number of pyridine rings is 1. The van der Waals surface area contributed by atoms with Crippen LogP contribution in [0.15, 0.2) is 42.6 Å². The fraction of sp³-hybridized carbons (Fsp3) is 0.350. The summed E-state index contributed by atoms with van der Waals surface area (Å²) in [5.74, 6) is 0.504. The van der Waals surface area contributed by atoms with E-state index in [1.54, 1.807) is 24.4 Å². The number of benzene rings is 1. The van der Waals surface area contributed by atoms with Gasteiger partial charge in [-0.25, -0.2) is 9.37 Å². The summed E-state index contributed by atoms with van der Waals surface area (Å²) in [6, 6.07) is 9.63. The average Bonchev–Trinajstić information content (AvgIpc) is 2.69. The second-order valence-electron chi connectivity index (χ2n) is 6.82. The van der Waals surface area contributed by atoms with Crippen molar-refractivity contribution in [3.8, 4) is 0 Å². The molecule has 2 amide bonds. The van der Waals surface area contributed by atoms with Gasteiger partial charge in [0.05, 0.1) is 5.25 Å². The Morgan fingerprint density at radius 3 is 2.75 bits per heavy atom. The van der Waals surface area contributed by atoms with Crippen molar-refractivity contribution >= 4 is 29.4 Å². The molecule has 28 heavy (non-hydrogen) atoms. The molecule has 0 spiro atoms. The molecular formula is C20H23FN4O2S. The van der Waals surface area contributed by atoms with Crippen LogP contribution >= 0.6 is 11.8 Å². The van der Waals surface area contributed by atoms with Gasteiger partial charge in [0.25, 0.3) is 0 Å². The Bertz CT molecular complexity index is 844. The predicted octanol–water partition coefficient (Wildman–Crippen LogP) is 1.75. The summed E-state index contributed by atoms with van der Waals surface area (Å²) >= 11 is 1.38. The van der Waals surface area contributed by atoms with Crippen molar-refractivity contribution in [3.05, 3.63) is 59.5 Å². The average molecular weight is 402 g/mol. The lowest BCUT2D eigenvalue weighted by Gasteiger charge is -2.28. The quantitative estimate of drug-likeness (QED) is 0.770. The van der Waals surface area contributed by atoms with E-state index < -0.39 is 11.3 Å². The number of nitrogens with zero attached hydrogens (tertiary/aromatic N) is 2. The van der Waals surface area contributed by atoms with Crippen molar-refractivity contribution in [2.45, 2.75) is 24.3 Å². The summed E-state index contributed by atoms with van der Waals surface area (Å²) in [5, 5.41) is 5.18. The Morgan fingerprint density at radius 1 is 1.32 bits per heavy atom. The van der Waals surface area contributed by atoms with E-state index >= 15 is 0 Å². The summed E-state index contributed by atoms with van der Waals surface area (Å²) in [6.07, 6.45) is 2.02. The van der Waals surface area contributed by atoms with Crippen LogP contribution in [0.4, 0.5) is 10.2 Å². The molecule has 0 saturated carbocycles. The van der Waals surface area contributed by atoms with Gasteiger partial charge in [0.2, 0.25) is 11.8 Å². The van der Waals surface area contributed by atoms with Crippen molar-refractivity contribution in [2.24, 2.45) is 0 Å². The summed E-state index contributed by atoms with van der Waals surface area (Å²) in [6.45, 7) is 0.342. The van der Waals surface area contributed by atoms with E-state index in [0.717, 1.165) is 11.4 Å². The van der Waals surface area contributed by atoms with Crippen molar-refractivity contribution in [1.29, 1.82) is 0 Å². The van der Waals surface area contributed by atoms with E-state index in [9.17, 15) is 14.0 Å². The number of anilines is 1. The van der Waals surface area contributed by atoms with E-state index in [0.29, 0.717) is 24.3 Å². The maximum atomic E-state index is 13.8. The van der Waals surface area contributed by atoms with Crippen LogP contribution in [0, 0.1) is 5.82 Å². The SMILES string of the molecule is CN(C)c1ccc(CNC(=O)C2CSC(Cc3ccccc3F)C(=O)N2)cn1. The first kappa shape index (κ1) is 20.1. The third kappa shape index (κ3) is 5.01. The number of carbonyl (C=O) groups is 2. The molecule has 2 heterocycles. The fourth-order valence-corrected chi connectivity index (χ4v) is 4.03. The second-order valence-corrected chi connectivity index (χ2v) is 8.05. The number of rotatable bonds is 6. The number of hydrogen-bond donors (Lipinski definition) is 2. The van der Waals surface area contributed by atoms with E-state index in [1.807, 2.05) is 31.1 Å². The topological polar surface area (TPSA) is 74.3 Å². The first-order valence-electron chi connectivity index (χ1n) is 8.99. The largest absolute Gasteiger partial charge is 0.363 e. The fourth-order valence-electron chi connectivity index (χ4n) is 2.85. The molecule has 8 heteroatoms. The number of amides is 2. The number of aromatic nitrogens is 1. The van der Waals surface area contributed by atoms with Crippen molar-refractivity contribution in [1.82, 2.24) is 15.6 Å². The molecule has 2 aromatic rings. The van der Waals surface area contributed by atoms with Gasteiger partial charge in [-0.3, -0.25) is 9.59 Å². The molecule has 2 N–H and O–H groups in total. The highest BCUT2D eigenvalue weighted by Crippen LogP contribution is 2.23. The van der Waals surface area contributed by atoms with Gasteiger partial charge in [-0.2, -0.15) is 0 Å². The Kier molecular flexibility index (Phi) is 6.51. The van der Waals surface area contributed by atoms with Crippen LogP contribution < -0.4 is 15.5 Å². The summed E-state index contributed by atoms with van der Waals surface area (Å²) in [5.41, 5.74) is 1.39. The van der Waals surface area contributed by atoms with Crippen molar-refractivity contribution < 1.29 is 14.0 Å². The van der Waals surface area contributed by atoms with Crippen molar-refractivity contribution in [2.75, 3.05) is 24.7 Å². The minimum absolute atomic E-state index is 0.234. The highest BCUT2D eigenvalue weighted by atomic mass is 32.2. The van der Waals surface area contributed by atoms with E-state index in [-0.39, 0.29) is 17.6 Å². The summed E-state index contributed by atoms with van der Waals surface area (Å²) < 4.78 is 13.8. The number of carbonyl (C=O) groups excluding carboxylic acids is 2. The Morgan fingerprint density at radius 2 is 2.11 bits per heavy atom. The maximum Gasteiger partial charge on any atom is 0.243 e. The van der Waals surface area contributed by atoms with Gasteiger partial charge in [-0.1, -0.05) is 24.3 Å². The van der Waals surface area contributed by atoms with Gasteiger partial charge in [0, 0.05) is 32.6 Å². The molecule has 1 aromatic heterocycles. The van der Waals surface area contributed by atoms with Crippen LogP contribution in [-0.2, 0) is 22.6 Å². The molecule has 148 valence electrons. The van der Waals surface area contributed by atoms with Gasteiger partial charge < -0.3 is 15.5 Å². The molecule has 0 bridgehead atoms. The standard InChI is InChI=1S/C20H23FN4O2S/c1-25(2)18-8-7-13(10-22-18)11-23-19(26)16-12-28-17(20(27)24-16)9-14-5-3-4-6-15(14)21/h3-8,10,16-17H,9,11-12H2,1-2H3,(H,23,26)(H,24,27). The Hall–Kier alpha value is -2.61. The highest BCUT2D eigenvalue weighted by molar-refractivity contribution is 8.00.